The summed E-state index contributed by atoms with van der Waals surface area (Å²) < 4.78 is 0. The zero-order valence-corrected chi connectivity index (χ0v) is 46.0. The molecule has 22 nitrogen and oxygen atoms in total. The molecule has 0 bridgehead atoms. The van der Waals surface area contributed by atoms with Gasteiger partial charge in [-0.15, -0.1) is 0 Å². The number of ketones is 3. The van der Waals surface area contributed by atoms with Crippen LogP contribution >= 0.6 is 0 Å². The molecule has 4 rings (SSSR count). The highest BCUT2D eigenvalue weighted by atomic mass is 16.3. The van der Waals surface area contributed by atoms with Crippen LogP contribution in [0.1, 0.15) is 116 Å². The van der Waals surface area contributed by atoms with Gasteiger partial charge in [-0.25, -0.2) is 0 Å². The number of para-hydroxylation sites is 1. The van der Waals surface area contributed by atoms with Gasteiger partial charge < -0.3 is 64.4 Å². The first kappa shape index (κ1) is 63.9. The number of unbranched alkanes of at least 4 members (excludes halogenated alkanes) is 1. The number of carbonyl (C=O) groups is 9. The van der Waals surface area contributed by atoms with Crippen LogP contribution in [0.5, 0.6) is 0 Å². The van der Waals surface area contributed by atoms with E-state index in [0.29, 0.717) is 42.6 Å². The molecule has 0 saturated heterocycles. The average molecular weight is 1100 g/mol. The van der Waals surface area contributed by atoms with Crippen LogP contribution in [0.2, 0.25) is 0 Å². The van der Waals surface area contributed by atoms with E-state index in [1.807, 2.05) is 38.1 Å². The number of aliphatic imine (C=N–C) groups is 2. The maximum absolute atomic E-state index is 15.0. The van der Waals surface area contributed by atoms with E-state index in [1.54, 1.807) is 55.7 Å². The summed E-state index contributed by atoms with van der Waals surface area (Å²) in [4.78, 5) is 135. The number of guanidine groups is 1. The molecular weight excluding hydrogens is 1010 g/mol. The zero-order chi connectivity index (χ0) is 58.0. The molecular formula is C57H82N12O10. The SMILES string of the molecule is CC(=O)CCC(C)C(=O)NC(CO)C(=O)CC(CCCN=C(N)N)C(=O)NC(CC1=CCC=N1)C(=O)CC(Cc1c[nH]c2ccccc12)C(=O)N[C@@H](CCCCN)C(=O)NC(Cc1ccccc1)C(=O)N[C@@H](CC(C)C)C(N)=O. The fourth-order valence-electron chi connectivity index (χ4n) is 9.22. The number of primary amides is 1. The lowest BCUT2D eigenvalue weighted by Gasteiger charge is -2.27. The number of aliphatic hydroxyl groups is 1. The van der Waals surface area contributed by atoms with E-state index < -0.39 is 114 Å². The van der Waals surface area contributed by atoms with Crippen LogP contribution in [0.3, 0.4) is 0 Å². The Bertz CT molecular complexity index is 2650. The molecule has 6 amide bonds. The third-order valence-electron chi connectivity index (χ3n) is 13.7. The molecule has 0 aliphatic carbocycles. The molecule has 8 atom stereocenters. The number of fused-ring (bicyclic) bond motifs is 1. The molecule has 79 heavy (non-hydrogen) atoms. The van der Waals surface area contributed by atoms with Gasteiger partial charge in [-0.1, -0.05) is 75.4 Å². The fraction of sp³-hybridized carbons (Fsp3) is 0.526. The minimum Gasteiger partial charge on any atom is -0.394 e. The van der Waals surface area contributed by atoms with E-state index in [2.05, 4.69) is 41.6 Å². The van der Waals surface area contributed by atoms with Crippen molar-refractivity contribution in [3.63, 3.8) is 0 Å². The second-order valence-corrected chi connectivity index (χ2v) is 20.8. The summed E-state index contributed by atoms with van der Waals surface area (Å²) in [6, 6.07) is 10.3. The Morgan fingerprint density at radius 3 is 1.94 bits per heavy atom. The lowest BCUT2D eigenvalue weighted by molar-refractivity contribution is -0.136. The minimum absolute atomic E-state index is 0.000494. The van der Waals surface area contributed by atoms with Crippen molar-refractivity contribution in [3.05, 3.63) is 83.7 Å². The molecule has 1 aliphatic rings. The van der Waals surface area contributed by atoms with E-state index in [1.165, 1.54) is 6.92 Å². The van der Waals surface area contributed by atoms with Gasteiger partial charge in [0.05, 0.1) is 12.6 Å². The highest BCUT2D eigenvalue weighted by molar-refractivity contribution is 5.98. The maximum atomic E-state index is 15.0. The van der Waals surface area contributed by atoms with Crippen molar-refractivity contribution in [1.82, 2.24) is 31.6 Å². The molecule has 1 aliphatic heterocycles. The van der Waals surface area contributed by atoms with Gasteiger partial charge in [-0.05, 0) is 87.9 Å². The van der Waals surface area contributed by atoms with Gasteiger partial charge in [-0.3, -0.25) is 48.3 Å². The molecule has 6 unspecified atom stereocenters. The molecule has 22 heteroatoms. The number of amides is 6. The number of aromatic nitrogens is 1. The Hall–Kier alpha value is -7.59. The number of hydrogen-bond donors (Lipinski definition) is 11. The molecule has 0 saturated carbocycles. The molecule has 2 heterocycles. The van der Waals surface area contributed by atoms with Gasteiger partial charge in [0.1, 0.15) is 30.0 Å². The van der Waals surface area contributed by atoms with Gasteiger partial charge in [0.15, 0.2) is 17.5 Å². The average Bonchev–Trinajstić information content (AvgIpc) is 4.16. The first-order valence-corrected chi connectivity index (χ1v) is 27.2. The summed E-state index contributed by atoms with van der Waals surface area (Å²) in [5, 5.41) is 24.9. The van der Waals surface area contributed by atoms with Gasteiger partial charge in [0, 0.05) is 91.8 Å². The monoisotopic (exact) mass is 1090 g/mol. The third-order valence-corrected chi connectivity index (χ3v) is 13.7. The van der Waals surface area contributed by atoms with E-state index in [9.17, 15) is 48.3 Å². The summed E-state index contributed by atoms with van der Waals surface area (Å²) in [7, 11) is 0. The van der Waals surface area contributed by atoms with Crippen LogP contribution < -0.4 is 49.5 Å². The molecule has 430 valence electrons. The van der Waals surface area contributed by atoms with Gasteiger partial charge in [0.25, 0.3) is 0 Å². The largest absolute Gasteiger partial charge is 0.394 e. The number of nitrogens with two attached hydrogens (primary N) is 4. The molecule has 1 aromatic heterocycles. The summed E-state index contributed by atoms with van der Waals surface area (Å²) >= 11 is 0. The van der Waals surface area contributed by atoms with E-state index in [4.69, 9.17) is 22.9 Å². The smallest absolute Gasteiger partial charge is 0.243 e. The molecule has 0 radical (unpaired) electrons. The van der Waals surface area contributed by atoms with Crippen molar-refractivity contribution in [2.45, 2.75) is 148 Å². The van der Waals surface area contributed by atoms with E-state index in [-0.39, 0.29) is 82.0 Å². The molecule has 3 aromatic rings. The van der Waals surface area contributed by atoms with Gasteiger partial charge in [0.2, 0.25) is 35.4 Å². The molecule has 0 fully saturated rings. The summed E-state index contributed by atoms with van der Waals surface area (Å²) in [5.41, 5.74) is 25.3. The number of benzene rings is 2. The highest BCUT2D eigenvalue weighted by Gasteiger charge is 2.36. The number of allylic oxidation sites excluding steroid dienone is 1. The van der Waals surface area contributed by atoms with Crippen molar-refractivity contribution >= 4 is 75.9 Å². The van der Waals surface area contributed by atoms with Crippen molar-refractivity contribution in [3.8, 4) is 0 Å². The molecule has 15 N–H and O–H groups in total. The van der Waals surface area contributed by atoms with Crippen LogP contribution in [0.4, 0.5) is 0 Å². The summed E-state index contributed by atoms with van der Waals surface area (Å²) in [6.07, 6.45) is 6.63. The minimum atomic E-state index is -1.38. The maximum Gasteiger partial charge on any atom is 0.243 e. The lowest BCUT2D eigenvalue weighted by Crippen LogP contribution is -2.57. The Morgan fingerprint density at radius 1 is 0.671 bits per heavy atom. The van der Waals surface area contributed by atoms with Crippen LogP contribution in [0.25, 0.3) is 10.9 Å². The van der Waals surface area contributed by atoms with Crippen LogP contribution in [0, 0.1) is 23.7 Å². The van der Waals surface area contributed by atoms with Crippen LogP contribution in [-0.4, -0.2) is 125 Å². The van der Waals surface area contributed by atoms with Crippen LogP contribution in [-0.2, 0) is 56.0 Å². The standard InChI is InChI=1S/C57H82N12O10/c1-34(2)26-46(51(59)74)67-56(79)47(27-37-14-6-5-7-15-37)68-55(78)44(20-10-11-23-58)65-54(77)39(28-40-32-64-43-19-9-8-18-42(40)43)30-49(72)45(31-41-17-13-24-62-41)66-53(76)38(16-12-25-63-57(60)61)29-50(73)48(33-70)69-52(75)35(3)21-22-36(4)71/h5-9,14-15,17-19,24,32,34-35,38-39,44-48,64,70H,10-13,16,20-23,25-31,33,58H2,1-4H3,(H2,59,74)(H,65,77)(H,66,76)(H,67,79)(H,68,78)(H,69,75)(H4,60,61,63)/t35?,38?,39?,44-,45?,46-,47?,48?/m0/s1. The Kier molecular flexibility index (Phi) is 26.7. The highest BCUT2D eigenvalue weighted by Crippen LogP contribution is 2.25. The predicted octanol–water partition coefficient (Wildman–Crippen LogP) is 1.99. The Balaban J connectivity index is 1.68. The van der Waals surface area contributed by atoms with Crippen molar-refractivity contribution in [1.29, 1.82) is 0 Å². The Labute approximate surface area is 462 Å². The second kappa shape index (κ2) is 33.0. The number of nitrogens with one attached hydrogen (secondary N) is 6. The van der Waals surface area contributed by atoms with Crippen molar-refractivity contribution in [2.75, 3.05) is 19.7 Å². The zero-order valence-electron chi connectivity index (χ0n) is 46.0. The number of carbonyl (C=O) groups excluding carboxylic acids is 9. The number of nitrogens with zero attached hydrogens (tertiary/aromatic N) is 2. The van der Waals surface area contributed by atoms with Gasteiger partial charge in [-0.2, -0.15) is 0 Å². The van der Waals surface area contributed by atoms with E-state index in [0.717, 1.165) is 10.9 Å². The molecule has 0 spiro atoms. The quantitative estimate of drug-likeness (QED) is 0.0224. The van der Waals surface area contributed by atoms with Crippen LogP contribution in [0.15, 0.2) is 82.6 Å². The fourth-order valence-corrected chi connectivity index (χ4v) is 9.22. The lowest BCUT2D eigenvalue weighted by atomic mass is 9.88. The number of aliphatic hydroxyl groups excluding tert-OH is 1. The number of aromatic amines is 1. The summed E-state index contributed by atoms with van der Waals surface area (Å²) in [6.45, 7) is 6.37. The summed E-state index contributed by atoms with van der Waals surface area (Å²) in [5.74, 6) is -8.42. The number of rotatable bonds is 37. The van der Waals surface area contributed by atoms with Crippen molar-refractivity contribution in [2.24, 2.45) is 56.6 Å². The number of H-pyrrole nitrogens is 1. The first-order valence-electron chi connectivity index (χ1n) is 27.2. The van der Waals surface area contributed by atoms with Crippen molar-refractivity contribution < 1.29 is 48.3 Å². The van der Waals surface area contributed by atoms with Gasteiger partial charge >= 0.3 is 0 Å². The predicted molar refractivity (Wildman–Crippen MR) is 301 cm³/mol. The first-order chi connectivity index (χ1) is 37.7. The second-order valence-electron chi connectivity index (χ2n) is 20.8. The topological polar surface area (TPSA) is 379 Å². The number of Topliss-reactive ketones (excluding diaryl/α,β-unsaturated/α-hetero) is 3. The Morgan fingerprint density at radius 2 is 1.29 bits per heavy atom. The third kappa shape index (κ3) is 22.0. The molecule has 2 aromatic carbocycles. The number of hydrogen-bond acceptors (Lipinski definition) is 13. The van der Waals surface area contributed by atoms with E-state index >= 15 is 0 Å². The normalized spacial score (nSPS) is 15.1.